The van der Waals surface area contributed by atoms with Crippen LogP contribution in [0.15, 0.2) is 18.2 Å². The molecule has 2 aliphatic heterocycles. The van der Waals surface area contributed by atoms with E-state index in [0.717, 1.165) is 17.7 Å². The number of unbranched alkanes of at least 4 members (excludes halogenated alkanes) is 1. The van der Waals surface area contributed by atoms with E-state index in [9.17, 15) is 19.2 Å². The van der Waals surface area contributed by atoms with Gasteiger partial charge in [0.25, 0.3) is 5.91 Å². The number of anilines is 1. The minimum atomic E-state index is -0.784. The molecule has 0 bridgehead atoms. The van der Waals surface area contributed by atoms with Crippen LogP contribution in [0.3, 0.4) is 0 Å². The Hall–Kier alpha value is -3.54. The average molecular weight is 441 g/mol. The van der Waals surface area contributed by atoms with Gasteiger partial charge in [0, 0.05) is 49.3 Å². The van der Waals surface area contributed by atoms with Crippen LogP contribution < -0.4 is 16.0 Å². The van der Waals surface area contributed by atoms with Crippen LogP contribution in [0.25, 0.3) is 0 Å². The molecule has 32 heavy (non-hydrogen) atoms. The zero-order chi connectivity index (χ0) is 23.1. The van der Waals surface area contributed by atoms with Crippen molar-refractivity contribution in [3.8, 4) is 11.8 Å². The van der Waals surface area contributed by atoms with Crippen LogP contribution in [-0.4, -0.2) is 54.5 Å². The maximum absolute atomic E-state index is 13.1. The third-order valence-electron chi connectivity index (χ3n) is 5.65. The van der Waals surface area contributed by atoms with Gasteiger partial charge >= 0.3 is 6.09 Å². The number of primary amides is 1. The van der Waals surface area contributed by atoms with Gasteiger partial charge in [0.1, 0.15) is 6.04 Å². The molecule has 1 aromatic carbocycles. The molecule has 3 rings (SSSR count). The number of carbonyl (C=O) groups excluding carboxylic acids is 4. The van der Waals surface area contributed by atoms with Gasteiger partial charge in [0.05, 0.1) is 6.61 Å². The second kappa shape index (κ2) is 10.7. The number of imide groups is 1. The van der Waals surface area contributed by atoms with E-state index in [0.29, 0.717) is 44.5 Å². The normalized spacial score (nSPS) is 17.3. The molecule has 9 nitrogen and oxygen atoms in total. The monoisotopic (exact) mass is 440 g/mol. The van der Waals surface area contributed by atoms with Crippen LogP contribution in [0.2, 0.25) is 0 Å². The number of amides is 4. The van der Waals surface area contributed by atoms with Crippen molar-refractivity contribution in [1.82, 2.24) is 10.2 Å². The lowest BCUT2D eigenvalue weighted by atomic mass is 10.0. The van der Waals surface area contributed by atoms with E-state index in [4.69, 9.17) is 10.5 Å². The molecule has 1 unspecified atom stereocenters. The average Bonchev–Trinajstić information content (AvgIpc) is 3.09. The number of piperidine rings is 1. The molecule has 1 atom stereocenters. The summed E-state index contributed by atoms with van der Waals surface area (Å²) in [6, 6.07) is 4.94. The second-order valence-corrected chi connectivity index (χ2v) is 7.74. The van der Waals surface area contributed by atoms with Crippen molar-refractivity contribution in [2.24, 2.45) is 5.73 Å². The highest BCUT2D eigenvalue weighted by Gasteiger charge is 2.40. The van der Waals surface area contributed by atoms with Gasteiger partial charge in [-0.15, -0.1) is 11.8 Å². The lowest BCUT2D eigenvalue weighted by Crippen LogP contribution is -2.52. The highest BCUT2D eigenvalue weighted by Crippen LogP contribution is 2.34. The van der Waals surface area contributed by atoms with Crippen molar-refractivity contribution in [2.45, 2.75) is 51.6 Å². The van der Waals surface area contributed by atoms with Crippen LogP contribution in [0, 0.1) is 11.8 Å². The first kappa shape index (κ1) is 23.1. The van der Waals surface area contributed by atoms with Crippen LogP contribution in [0.5, 0.6) is 0 Å². The first-order chi connectivity index (χ1) is 15.4. The number of carbonyl (C=O) groups is 4. The van der Waals surface area contributed by atoms with Crippen molar-refractivity contribution in [3.05, 3.63) is 29.3 Å². The smallest absolute Gasteiger partial charge is 0.404 e. The van der Waals surface area contributed by atoms with Gasteiger partial charge in [-0.25, -0.2) is 4.79 Å². The Morgan fingerprint density at radius 3 is 2.81 bits per heavy atom. The first-order valence-corrected chi connectivity index (χ1v) is 10.8. The highest BCUT2D eigenvalue weighted by molar-refractivity contribution is 6.06. The molecule has 0 aromatic heterocycles. The Labute approximate surface area is 187 Å². The summed E-state index contributed by atoms with van der Waals surface area (Å²) in [6.45, 7) is 3.74. The number of hydrogen-bond donors (Lipinski definition) is 2. The topological polar surface area (TPSA) is 122 Å². The summed E-state index contributed by atoms with van der Waals surface area (Å²) >= 11 is 0. The van der Waals surface area contributed by atoms with Crippen LogP contribution >= 0.6 is 0 Å². The quantitative estimate of drug-likeness (QED) is 0.341. The molecular formula is C23H28N4O5. The standard InChI is InChI=1S/C23H28N4O5/c1-2-3-4-12-26(13-5-6-14-32-23(24)31)18-9-7-8-16-17(18)15-27(22(16)30)19-10-11-20(28)25-21(19)29/h7-9,19H,4-6,10-15H2,1H3,(H2,24,31)(H,25,28,29). The van der Waals surface area contributed by atoms with Gasteiger partial charge in [0.2, 0.25) is 11.8 Å². The highest BCUT2D eigenvalue weighted by atomic mass is 16.5. The molecule has 9 heteroatoms. The molecule has 3 N–H and O–H groups in total. The predicted octanol–water partition coefficient (Wildman–Crippen LogP) is 1.54. The van der Waals surface area contributed by atoms with Crippen LogP contribution in [0.1, 0.15) is 54.9 Å². The molecule has 170 valence electrons. The predicted molar refractivity (Wildman–Crippen MR) is 118 cm³/mol. The fraction of sp³-hybridized carbons (Fsp3) is 0.478. The van der Waals surface area contributed by atoms with Gasteiger partial charge in [0.15, 0.2) is 0 Å². The summed E-state index contributed by atoms with van der Waals surface area (Å²) in [5, 5.41) is 2.33. The number of nitrogens with zero attached hydrogens (tertiary/aromatic N) is 2. The molecule has 1 fully saturated rings. The second-order valence-electron chi connectivity index (χ2n) is 7.74. The lowest BCUT2D eigenvalue weighted by Gasteiger charge is -2.30. The number of fused-ring (bicyclic) bond motifs is 1. The van der Waals surface area contributed by atoms with Crippen molar-refractivity contribution < 1.29 is 23.9 Å². The zero-order valence-electron chi connectivity index (χ0n) is 18.2. The molecule has 0 radical (unpaired) electrons. The van der Waals surface area contributed by atoms with Crippen molar-refractivity contribution in [1.29, 1.82) is 0 Å². The Balaban J connectivity index is 1.77. The lowest BCUT2D eigenvalue weighted by molar-refractivity contribution is -0.136. The molecule has 0 spiro atoms. The van der Waals surface area contributed by atoms with Gasteiger partial charge in [-0.2, -0.15) is 0 Å². The number of ether oxygens (including phenoxy) is 1. The van der Waals surface area contributed by atoms with E-state index in [1.807, 2.05) is 12.1 Å². The Bertz CT molecular complexity index is 965. The molecule has 1 aromatic rings. The van der Waals surface area contributed by atoms with Gasteiger partial charge < -0.3 is 20.3 Å². The number of hydrogen-bond acceptors (Lipinski definition) is 6. The molecule has 2 aliphatic rings. The van der Waals surface area contributed by atoms with Crippen molar-refractivity contribution in [3.63, 3.8) is 0 Å². The Morgan fingerprint density at radius 1 is 1.28 bits per heavy atom. The van der Waals surface area contributed by atoms with Crippen molar-refractivity contribution in [2.75, 3.05) is 24.6 Å². The maximum Gasteiger partial charge on any atom is 0.404 e. The van der Waals surface area contributed by atoms with E-state index >= 15 is 0 Å². The SMILES string of the molecule is CC#CCCN(CCCCOC(N)=O)c1cccc2c1CN(C1CCC(=O)NC1=O)C2=O. The maximum atomic E-state index is 13.1. The number of nitrogens with one attached hydrogen (secondary N) is 1. The van der Waals surface area contributed by atoms with Crippen molar-refractivity contribution >= 4 is 29.5 Å². The summed E-state index contributed by atoms with van der Waals surface area (Å²) < 4.78 is 4.80. The third kappa shape index (κ3) is 5.38. The minimum absolute atomic E-state index is 0.195. The van der Waals surface area contributed by atoms with E-state index in [2.05, 4.69) is 22.1 Å². The molecule has 2 heterocycles. The molecule has 0 aliphatic carbocycles. The Kier molecular flexibility index (Phi) is 7.71. The summed E-state index contributed by atoms with van der Waals surface area (Å²) in [6.07, 6.45) is 1.86. The summed E-state index contributed by atoms with van der Waals surface area (Å²) in [5.41, 5.74) is 7.39. The summed E-state index contributed by atoms with van der Waals surface area (Å²) in [7, 11) is 0. The zero-order valence-corrected chi connectivity index (χ0v) is 18.2. The molecule has 0 saturated carbocycles. The van der Waals surface area contributed by atoms with E-state index in [1.165, 1.54) is 0 Å². The molecule has 4 amide bonds. The third-order valence-corrected chi connectivity index (χ3v) is 5.65. The van der Waals surface area contributed by atoms with Crippen LogP contribution in [0.4, 0.5) is 10.5 Å². The number of rotatable bonds is 9. The van der Waals surface area contributed by atoms with Gasteiger partial charge in [-0.3, -0.25) is 19.7 Å². The molecular weight excluding hydrogens is 412 g/mol. The molecule has 1 saturated heterocycles. The fourth-order valence-corrected chi connectivity index (χ4v) is 4.11. The van der Waals surface area contributed by atoms with Gasteiger partial charge in [-0.05, 0) is 38.3 Å². The van der Waals surface area contributed by atoms with Gasteiger partial charge in [-0.1, -0.05) is 6.07 Å². The largest absolute Gasteiger partial charge is 0.450 e. The summed E-state index contributed by atoms with van der Waals surface area (Å²) in [4.78, 5) is 51.4. The summed E-state index contributed by atoms with van der Waals surface area (Å²) in [5.74, 6) is 5.05. The van der Waals surface area contributed by atoms with E-state index in [-0.39, 0.29) is 24.8 Å². The van der Waals surface area contributed by atoms with Crippen LogP contribution in [-0.2, 0) is 20.9 Å². The minimum Gasteiger partial charge on any atom is -0.450 e. The number of nitrogens with two attached hydrogens (primary N) is 1. The Morgan fingerprint density at radius 2 is 2.09 bits per heavy atom. The number of benzene rings is 1. The first-order valence-electron chi connectivity index (χ1n) is 10.8. The van der Waals surface area contributed by atoms with E-state index in [1.54, 1.807) is 17.9 Å². The fourth-order valence-electron chi connectivity index (χ4n) is 4.11. The van der Waals surface area contributed by atoms with E-state index < -0.39 is 18.0 Å².